The van der Waals surface area contributed by atoms with E-state index in [0.29, 0.717) is 0 Å². The molecule has 0 fully saturated rings. The van der Waals surface area contributed by atoms with Gasteiger partial charge >= 0.3 is 5.66 Å². The maximum absolute atomic E-state index is 12.4. The number of carbonyl (C=O) groups is 1. The lowest BCUT2D eigenvalue weighted by atomic mass is 9.77. The van der Waals surface area contributed by atoms with Gasteiger partial charge in [-0.2, -0.15) is 0 Å². The van der Waals surface area contributed by atoms with E-state index in [1.54, 1.807) is 0 Å². The van der Waals surface area contributed by atoms with Gasteiger partial charge in [0.15, 0.2) is 5.78 Å². The number of nitrogens with zero attached hydrogens (tertiary/aromatic N) is 2. The number of carbonyl (C=O) groups excluding carboxylic acids is 1. The fourth-order valence-corrected chi connectivity index (χ4v) is 2.72. The Balaban J connectivity index is 2.51. The molecule has 1 aliphatic carbocycles. The van der Waals surface area contributed by atoms with Crippen molar-refractivity contribution in [2.45, 2.75) is 5.66 Å². The van der Waals surface area contributed by atoms with Crippen molar-refractivity contribution in [3.8, 4) is 0 Å². The van der Waals surface area contributed by atoms with Crippen molar-refractivity contribution in [1.29, 1.82) is 0 Å². The second-order valence-corrected chi connectivity index (χ2v) is 4.61. The number of benzene rings is 2. The summed E-state index contributed by atoms with van der Waals surface area (Å²) in [5, 5.41) is 23.2. The predicted molar refractivity (Wildman–Crippen MR) is 71.1 cm³/mol. The van der Waals surface area contributed by atoms with Gasteiger partial charge in [0.2, 0.25) is 0 Å². The molecule has 2 aromatic rings. The monoisotopic (exact) mass is 284 g/mol. The van der Waals surface area contributed by atoms with Crippen LogP contribution < -0.4 is 0 Å². The first kappa shape index (κ1) is 12.9. The third kappa shape index (κ3) is 1.45. The first-order valence-corrected chi connectivity index (χ1v) is 6.04. The topological polar surface area (TPSA) is 103 Å². The van der Waals surface area contributed by atoms with Crippen molar-refractivity contribution in [2.75, 3.05) is 0 Å². The van der Waals surface area contributed by atoms with Crippen LogP contribution in [0.5, 0.6) is 0 Å². The van der Waals surface area contributed by atoms with Gasteiger partial charge in [0.05, 0.1) is 0 Å². The van der Waals surface area contributed by atoms with Crippen molar-refractivity contribution in [1.82, 2.24) is 0 Å². The van der Waals surface area contributed by atoms with Crippen LogP contribution in [0.3, 0.4) is 0 Å². The number of nitro groups is 2. The minimum absolute atomic E-state index is 0.00963. The SMILES string of the molecule is O=C1c2ccccc2C([N+](=O)[O-])([N+](=O)[O-])c2ccccc21. The van der Waals surface area contributed by atoms with Crippen molar-refractivity contribution >= 4 is 5.78 Å². The summed E-state index contributed by atoms with van der Waals surface area (Å²) in [5.74, 6) is -0.444. The summed E-state index contributed by atoms with van der Waals surface area (Å²) in [5.41, 5.74) is -3.08. The Morgan fingerprint density at radius 2 is 1.14 bits per heavy atom. The molecule has 0 atom stereocenters. The van der Waals surface area contributed by atoms with Gasteiger partial charge in [-0.1, -0.05) is 36.4 Å². The Morgan fingerprint density at radius 1 is 0.762 bits per heavy atom. The zero-order valence-corrected chi connectivity index (χ0v) is 10.6. The molecule has 0 saturated heterocycles. The zero-order valence-electron chi connectivity index (χ0n) is 10.6. The molecule has 0 aliphatic heterocycles. The molecule has 0 saturated carbocycles. The molecule has 3 rings (SSSR count). The average Bonchev–Trinajstić information content (AvgIpc) is 2.47. The molecule has 7 nitrogen and oxygen atoms in total. The summed E-state index contributed by atoms with van der Waals surface area (Å²) in [4.78, 5) is 33.7. The summed E-state index contributed by atoms with van der Waals surface area (Å²) in [6.45, 7) is 0. The highest BCUT2D eigenvalue weighted by Crippen LogP contribution is 2.42. The van der Waals surface area contributed by atoms with Crippen LogP contribution in [0, 0.1) is 20.2 Å². The van der Waals surface area contributed by atoms with Gasteiger partial charge in [-0.15, -0.1) is 0 Å². The predicted octanol–water partition coefficient (Wildman–Crippen LogP) is 1.99. The summed E-state index contributed by atoms with van der Waals surface area (Å²) < 4.78 is 0. The standard InChI is InChI=1S/C14H8N2O5/c17-13-9-5-1-3-7-11(9)14(15(18)19,16(20)21)12-8-4-2-6-10(12)13/h1-8H. The zero-order chi connectivity index (χ0) is 15.2. The van der Waals surface area contributed by atoms with Gasteiger partial charge in [0.25, 0.3) is 0 Å². The van der Waals surface area contributed by atoms with Crippen LogP contribution in [0.2, 0.25) is 0 Å². The van der Waals surface area contributed by atoms with Gasteiger partial charge in [0.1, 0.15) is 21.0 Å². The van der Waals surface area contributed by atoms with Crippen molar-refractivity contribution in [2.24, 2.45) is 0 Å². The van der Waals surface area contributed by atoms with E-state index < -0.39 is 21.3 Å². The van der Waals surface area contributed by atoms with Crippen molar-refractivity contribution in [3.05, 3.63) is 91.0 Å². The Hall–Kier alpha value is -3.09. The molecule has 0 N–H and O–H groups in total. The lowest BCUT2D eigenvalue weighted by Gasteiger charge is -2.25. The maximum atomic E-state index is 12.4. The van der Waals surface area contributed by atoms with E-state index in [2.05, 4.69) is 0 Å². The van der Waals surface area contributed by atoms with Crippen molar-refractivity contribution in [3.63, 3.8) is 0 Å². The Bertz CT molecular complexity index is 734. The highest BCUT2D eigenvalue weighted by atomic mass is 16.7. The molecule has 21 heavy (non-hydrogen) atoms. The normalized spacial score (nSPS) is 15.0. The van der Waals surface area contributed by atoms with E-state index >= 15 is 0 Å². The minimum atomic E-state index is -2.65. The van der Waals surface area contributed by atoms with Crippen LogP contribution in [0.4, 0.5) is 0 Å². The van der Waals surface area contributed by atoms with Gasteiger partial charge < -0.3 is 0 Å². The molecule has 0 bridgehead atoms. The van der Waals surface area contributed by atoms with Crippen molar-refractivity contribution < 1.29 is 14.6 Å². The molecular weight excluding hydrogens is 276 g/mol. The molecule has 1 aliphatic rings. The molecule has 0 aromatic heterocycles. The minimum Gasteiger partial charge on any atom is -0.289 e. The second-order valence-electron chi connectivity index (χ2n) is 4.61. The van der Waals surface area contributed by atoms with E-state index in [9.17, 15) is 25.0 Å². The van der Waals surface area contributed by atoms with E-state index in [4.69, 9.17) is 0 Å². The molecule has 2 aromatic carbocycles. The smallest absolute Gasteiger partial charge is 0.289 e. The number of ketones is 1. The molecular formula is C14H8N2O5. The van der Waals surface area contributed by atoms with Crippen LogP contribution in [0.25, 0.3) is 0 Å². The van der Waals surface area contributed by atoms with E-state index in [-0.39, 0.29) is 22.3 Å². The summed E-state index contributed by atoms with van der Waals surface area (Å²) in [6.07, 6.45) is 0. The fourth-order valence-electron chi connectivity index (χ4n) is 2.72. The summed E-state index contributed by atoms with van der Waals surface area (Å²) >= 11 is 0. The molecule has 0 spiro atoms. The fraction of sp³-hybridized carbons (Fsp3) is 0.0714. The Morgan fingerprint density at radius 3 is 1.52 bits per heavy atom. The second kappa shape index (κ2) is 4.20. The first-order valence-electron chi connectivity index (χ1n) is 6.04. The van der Waals surface area contributed by atoms with E-state index in [1.807, 2.05) is 0 Å². The van der Waals surface area contributed by atoms with Gasteiger partial charge in [-0.25, -0.2) is 0 Å². The third-order valence-corrected chi connectivity index (χ3v) is 3.62. The lowest BCUT2D eigenvalue weighted by molar-refractivity contribution is -0.796. The Kier molecular flexibility index (Phi) is 2.59. The maximum Gasteiger partial charge on any atom is 0.511 e. The number of hydrogen-bond acceptors (Lipinski definition) is 5. The molecule has 0 heterocycles. The molecule has 0 amide bonds. The van der Waals surface area contributed by atoms with Gasteiger partial charge in [-0.3, -0.25) is 25.0 Å². The summed E-state index contributed by atoms with van der Waals surface area (Å²) in [7, 11) is 0. The largest absolute Gasteiger partial charge is 0.511 e. The van der Waals surface area contributed by atoms with E-state index in [0.717, 1.165) is 0 Å². The van der Waals surface area contributed by atoms with Crippen LogP contribution >= 0.6 is 0 Å². The Labute approximate surface area is 118 Å². The number of rotatable bonds is 2. The molecule has 7 heteroatoms. The molecule has 104 valence electrons. The average molecular weight is 284 g/mol. The van der Waals surface area contributed by atoms with Gasteiger partial charge in [-0.05, 0) is 12.1 Å². The van der Waals surface area contributed by atoms with Crippen LogP contribution in [-0.4, -0.2) is 15.6 Å². The van der Waals surface area contributed by atoms with Gasteiger partial charge in [0, 0.05) is 11.1 Å². The van der Waals surface area contributed by atoms with Crippen LogP contribution in [-0.2, 0) is 5.66 Å². The lowest BCUT2D eigenvalue weighted by Crippen LogP contribution is -2.48. The quantitative estimate of drug-likeness (QED) is 0.476. The number of fused-ring (bicyclic) bond motifs is 2. The highest BCUT2D eigenvalue weighted by molar-refractivity contribution is 6.12. The molecule has 0 unspecified atom stereocenters. The first-order chi connectivity index (χ1) is 10.0. The highest BCUT2D eigenvalue weighted by Gasteiger charge is 2.65. The van der Waals surface area contributed by atoms with E-state index in [1.165, 1.54) is 48.5 Å². The molecule has 0 radical (unpaired) electrons. The summed E-state index contributed by atoms with van der Waals surface area (Å²) in [6, 6.07) is 11.2. The van der Waals surface area contributed by atoms with Crippen LogP contribution in [0.1, 0.15) is 27.0 Å². The van der Waals surface area contributed by atoms with Crippen LogP contribution in [0.15, 0.2) is 48.5 Å². The number of hydrogen-bond donors (Lipinski definition) is 0. The third-order valence-electron chi connectivity index (χ3n) is 3.62.